The first-order chi connectivity index (χ1) is 13.0. The Balaban J connectivity index is 1.33. The van der Waals surface area contributed by atoms with Crippen LogP contribution < -0.4 is 5.32 Å². The molecule has 0 spiro atoms. The van der Waals surface area contributed by atoms with Gasteiger partial charge in [0.15, 0.2) is 0 Å². The number of aromatic hydroxyl groups is 1. The van der Waals surface area contributed by atoms with Gasteiger partial charge in [0.25, 0.3) is 0 Å². The number of likely N-dealkylation sites (tertiary alicyclic amines) is 2. The number of amides is 2. The average molecular weight is 374 g/mol. The largest absolute Gasteiger partial charge is 0.508 e. The molecule has 2 unspecified atom stereocenters. The minimum atomic E-state index is 0.0829. The third-order valence-corrected chi connectivity index (χ3v) is 6.02. The molecule has 2 fully saturated rings. The predicted octanol–water partition coefficient (Wildman–Crippen LogP) is 3.65. The second-order valence-corrected chi connectivity index (χ2v) is 8.64. The van der Waals surface area contributed by atoms with Crippen LogP contribution in [-0.4, -0.2) is 60.2 Å². The molecule has 0 aliphatic carbocycles. The first-order valence-electron chi connectivity index (χ1n) is 10.6. The number of hydrogen-bond acceptors (Lipinski definition) is 3. The number of carbonyl (C=O) groups excluding carboxylic acids is 1. The maximum atomic E-state index is 12.4. The lowest BCUT2D eigenvalue weighted by Crippen LogP contribution is -2.45. The van der Waals surface area contributed by atoms with E-state index in [1.54, 1.807) is 12.1 Å². The highest BCUT2D eigenvalue weighted by Crippen LogP contribution is 2.29. The highest BCUT2D eigenvalue weighted by Gasteiger charge is 2.24. The fourth-order valence-electron chi connectivity index (χ4n) is 4.75. The summed E-state index contributed by atoms with van der Waals surface area (Å²) < 4.78 is 0. The number of nitrogens with one attached hydrogen (secondary N) is 1. The van der Waals surface area contributed by atoms with Gasteiger partial charge in [-0.2, -0.15) is 0 Å². The highest BCUT2D eigenvalue weighted by atomic mass is 16.3. The van der Waals surface area contributed by atoms with Gasteiger partial charge in [-0.1, -0.05) is 26.0 Å². The van der Waals surface area contributed by atoms with Crippen LogP contribution in [-0.2, 0) is 0 Å². The second-order valence-electron chi connectivity index (χ2n) is 8.64. The van der Waals surface area contributed by atoms with E-state index in [9.17, 15) is 9.90 Å². The van der Waals surface area contributed by atoms with Crippen molar-refractivity contribution in [3.8, 4) is 5.75 Å². The first-order valence-corrected chi connectivity index (χ1v) is 10.6. The van der Waals surface area contributed by atoms with E-state index in [2.05, 4.69) is 24.1 Å². The molecule has 3 rings (SSSR count). The van der Waals surface area contributed by atoms with Crippen molar-refractivity contribution in [1.29, 1.82) is 0 Å². The van der Waals surface area contributed by atoms with Gasteiger partial charge in [0, 0.05) is 32.7 Å². The van der Waals surface area contributed by atoms with Crippen LogP contribution in [0.4, 0.5) is 4.79 Å². The molecule has 2 saturated heterocycles. The molecule has 0 aromatic heterocycles. The van der Waals surface area contributed by atoms with E-state index in [-0.39, 0.29) is 6.03 Å². The zero-order chi connectivity index (χ0) is 19.2. The third kappa shape index (κ3) is 5.86. The van der Waals surface area contributed by atoms with E-state index >= 15 is 0 Å². The van der Waals surface area contributed by atoms with Gasteiger partial charge in [-0.25, -0.2) is 4.79 Å². The third-order valence-electron chi connectivity index (χ3n) is 6.02. The van der Waals surface area contributed by atoms with Crippen LogP contribution in [0.1, 0.15) is 51.0 Å². The molecular formula is C22H35N3O2. The van der Waals surface area contributed by atoms with Gasteiger partial charge in [0.1, 0.15) is 5.75 Å². The molecule has 150 valence electrons. The molecule has 0 saturated carbocycles. The van der Waals surface area contributed by atoms with Crippen molar-refractivity contribution in [3.05, 3.63) is 29.8 Å². The lowest BCUT2D eigenvalue weighted by Gasteiger charge is -2.35. The van der Waals surface area contributed by atoms with Gasteiger partial charge >= 0.3 is 6.03 Å². The molecule has 1 aromatic carbocycles. The molecule has 1 aromatic rings. The summed E-state index contributed by atoms with van der Waals surface area (Å²) in [5.41, 5.74) is 1.26. The second kappa shape index (κ2) is 9.45. The van der Waals surface area contributed by atoms with E-state index in [1.807, 2.05) is 17.0 Å². The molecule has 2 N–H and O–H groups in total. The van der Waals surface area contributed by atoms with E-state index in [0.29, 0.717) is 11.7 Å². The van der Waals surface area contributed by atoms with Crippen LogP contribution in [0.3, 0.4) is 0 Å². The lowest BCUT2D eigenvalue weighted by atomic mass is 9.89. The van der Waals surface area contributed by atoms with Crippen molar-refractivity contribution in [2.45, 2.75) is 45.4 Å². The molecule has 2 aliphatic heterocycles. The van der Waals surface area contributed by atoms with E-state index < -0.39 is 0 Å². The Morgan fingerprint density at radius 1 is 1.11 bits per heavy atom. The van der Waals surface area contributed by atoms with Gasteiger partial charge in [-0.3, -0.25) is 0 Å². The number of phenolic OH excluding ortho intramolecular Hbond substituents is 1. The fraction of sp³-hybridized carbons (Fsp3) is 0.682. The molecule has 2 atom stereocenters. The molecule has 5 heteroatoms. The van der Waals surface area contributed by atoms with E-state index in [4.69, 9.17) is 0 Å². The SMILES string of the molecule is CC1CC(C)CN(CCCNC(=O)N2CCC(c3ccc(O)cc3)CC2)C1. The quantitative estimate of drug-likeness (QED) is 0.775. The van der Waals surface area contributed by atoms with Gasteiger partial charge in [-0.05, 0) is 67.7 Å². The summed E-state index contributed by atoms with van der Waals surface area (Å²) in [6.07, 6.45) is 4.34. The van der Waals surface area contributed by atoms with Gasteiger partial charge in [-0.15, -0.1) is 0 Å². The first kappa shape index (κ1) is 20.0. The molecule has 27 heavy (non-hydrogen) atoms. The van der Waals surface area contributed by atoms with Crippen LogP contribution in [0.5, 0.6) is 5.75 Å². The van der Waals surface area contributed by atoms with Crippen molar-refractivity contribution in [1.82, 2.24) is 15.1 Å². The van der Waals surface area contributed by atoms with Crippen LogP contribution in [0.2, 0.25) is 0 Å². The number of nitrogens with zero attached hydrogens (tertiary/aromatic N) is 2. The Morgan fingerprint density at radius 3 is 2.37 bits per heavy atom. The summed E-state index contributed by atoms with van der Waals surface area (Å²) in [6, 6.07) is 7.58. The summed E-state index contributed by atoms with van der Waals surface area (Å²) in [5.74, 6) is 2.37. The normalized spacial score (nSPS) is 24.7. The maximum Gasteiger partial charge on any atom is 0.317 e. The standard InChI is InChI=1S/C22H35N3O2/c1-17-14-18(2)16-24(15-17)11-3-10-23-22(27)25-12-8-20(9-13-25)19-4-6-21(26)7-5-19/h4-7,17-18,20,26H,3,8-16H2,1-2H3,(H,23,27). The monoisotopic (exact) mass is 373 g/mol. The average Bonchev–Trinajstić information content (AvgIpc) is 2.65. The minimum absolute atomic E-state index is 0.0829. The van der Waals surface area contributed by atoms with Crippen molar-refractivity contribution in [3.63, 3.8) is 0 Å². The van der Waals surface area contributed by atoms with E-state index in [1.165, 1.54) is 25.1 Å². The number of carbonyl (C=O) groups is 1. The Kier molecular flexibility index (Phi) is 7.00. The Hall–Kier alpha value is -1.75. The van der Waals surface area contributed by atoms with Crippen LogP contribution in [0, 0.1) is 11.8 Å². The highest BCUT2D eigenvalue weighted by molar-refractivity contribution is 5.74. The van der Waals surface area contributed by atoms with E-state index in [0.717, 1.165) is 57.3 Å². The summed E-state index contributed by atoms with van der Waals surface area (Å²) >= 11 is 0. The number of urea groups is 1. The Labute approximate surface area is 163 Å². The Morgan fingerprint density at radius 2 is 1.74 bits per heavy atom. The molecule has 2 heterocycles. The van der Waals surface area contributed by atoms with Crippen molar-refractivity contribution in [2.75, 3.05) is 39.3 Å². The number of hydrogen-bond donors (Lipinski definition) is 2. The molecule has 0 bridgehead atoms. The summed E-state index contributed by atoms with van der Waals surface area (Å²) in [7, 11) is 0. The van der Waals surface area contributed by atoms with Crippen molar-refractivity contribution < 1.29 is 9.90 Å². The smallest absolute Gasteiger partial charge is 0.317 e. The maximum absolute atomic E-state index is 12.4. The Bertz CT molecular complexity index is 586. The summed E-state index contributed by atoms with van der Waals surface area (Å²) in [5, 5.41) is 12.5. The minimum Gasteiger partial charge on any atom is -0.508 e. The van der Waals surface area contributed by atoms with Crippen LogP contribution in [0.25, 0.3) is 0 Å². The lowest BCUT2D eigenvalue weighted by molar-refractivity contribution is 0.139. The molecule has 2 amide bonds. The number of rotatable bonds is 5. The number of piperidine rings is 2. The van der Waals surface area contributed by atoms with Gasteiger partial charge in [0.2, 0.25) is 0 Å². The fourth-order valence-corrected chi connectivity index (χ4v) is 4.75. The van der Waals surface area contributed by atoms with Gasteiger partial charge < -0.3 is 20.2 Å². The number of phenols is 1. The zero-order valence-electron chi connectivity index (χ0n) is 16.9. The van der Waals surface area contributed by atoms with Crippen molar-refractivity contribution >= 4 is 6.03 Å². The summed E-state index contributed by atoms with van der Waals surface area (Å²) in [6.45, 7) is 10.5. The predicted molar refractivity (Wildman–Crippen MR) is 109 cm³/mol. The molecule has 5 nitrogen and oxygen atoms in total. The number of benzene rings is 1. The summed E-state index contributed by atoms with van der Waals surface area (Å²) in [4.78, 5) is 16.9. The van der Waals surface area contributed by atoms with Gasteiger partial charge in [0.05, 0.1) is 0 Å². The molecular weight excluding hydrogens is 338 g/mol. The molecule has 0 radical (unpaired) electrons. The molecule has 2 aliphatic rings. The topological polar surface area (TPSA) is 55.8 Å². The van der Waals surface area contributed by atoms with Crippen molar-refractivity contribution in [2.24, 2.45) is 11.8 Å². The van der Waals surface area contributed by atoms with Crippen LogP contribution in [0.15, 0.2) is 24.3 Å². The zero-order valence-corrected chi connectivity index (χ0v) is 16.9. The van der Waals surface area contributed by atoms with Crippen LogP contribution >= 0.6 is 0 Å².